The molecule has 0 saturated carbocycles. The molecule has 23 heavy (non-hydrogen) atoms. The van der Waals surface area contributed by atoms with E-state index in [9.17, 15) is 26.4 Å². The molecule has 2 aromatic carbocycles. The molecule has 1 amide bonds. The second-order valence-electron chi connectivity index (χ2n) is 4.74. The number of anilines is 1. The number of halogens is 3. The van der Waals surface area contributed by atoms with Crippen molar-refractivity contribution in [2.45, 2.75) is 11.2 Å². The number of rotatable bonds is 3. The Hall–Kier alpha value is -2.35. The van der Waals surface area contributed by atoms with E-state index in [1.54, 1.807) is 6.07 Å². The highest BCUT2D eigenvalue weighted by Gasteiger charge is 2.42. The highest BCUT2D eigenvalue weighted by atomic mass is 32.2. The van der Waals surface area contributed by atoms with Gasteiger partial charge in [0.2, 0.25) is 0 Å². The largest absolute Gasteiger partial charge is 0.491 e. The Morgan fingerprint density at radius 1 is 0.957 bits per heavy atom. The number of alkyl halides is 3. The first-order valence-electron chi connectivity index (χ1n) is 6.37. The highest BCUT2D eigenvalue weighted by molar-refractivity contribution is 7.90. The van der Waals surface area contributed by atoms with Gasteiger partial charge in [-0.25, -0.2) is 13.3 Å². The summed E-state index contributed by atoms with van der Waals surface area (Å²) in [5.74, 6) is -1.25. The molecule has 0 aliphatic rings. The summed E-state index contributed by atoms with van der Waals surface area (Å²) in [6.45, 7) is 0. The van der Waals surface area contributed by atoms with Crippen LogP contribution in [0.2, 0.25) is 0 Å². The molecule has 0 aliphatic carbocycles. The minimum Gasteiger partial charge on any atom is -0.268 e. The first-order chi connectivity index (χ1) is 10.6. The molecule has 2 rings (SSSR count). The van der Waals surface area contributed by atoms with Crippen LogP contribution in [0.1, 0.15) is 10.4 Å². The molecule has 122 valence electrons. The first kappa shape index (κ1) is 17.0. The van der Waals surface area contributed by atoms with E-state index in [-0.39, 0.29) is 15.4 Å². The summed E-state index contributed by atoms with van der Waals surface area (Å²) in [6, 6.07) is 11.0. The number of amides is 1. The molecule has 0 aliphatic heterocycles. The topological polar surface area (TPSA) is 54.5 Å². The molecule has 0 unspecified atom stereocenters. The van der Waals surface area contributed by atoms with Crippen LogP contribution in [0.25, 0.3) is 0 Å². The van der Waals surface area contributed by atoms with E-state index in [0.29, 0.717) is 0 Å². The van der Waals surface area contributed by atoms with Crippen molar-refractivity contribution in [3.05, 3.63) is 60.2 Å². The second kappa shape index (κ2) is 6.04. The molecule has 2 aromatic rings. The maximum atomic E-state index is 13.3. The normalized spacial score (nSPS) is 12.0. The first-order valence-corrected chi connectivity index (χ1v) is 8.26. The predicted molar refractivity (Wildman–Crippen MR) is 78.9 cm³/mol. The van der Waals surface area contributed by atoms with Crippen molar-refractivity contribution >= 4 is 21.4 Å². The van der Waals surface area contributed by atoms with Gasteiger partial charge in [0.1, 0.15) is 0 Å². The van der Waals surface area contributed by atoms with E-state index in [1.165, 1.54) is 24.3 Å². The lowest BCUT2D eigenvalue weighted by Gasteiger charge is -2.25. The standard InChI is InChI=1S/C15H12F3NO3S/c1-23(21,22)13-9-7-12(8-10-13)19(15(16,17)18)14(20)11-5-3-2-4-6-11/h2-10H,1H3. The molecule has 0 atom stereocenters. The van der Waals surface area contributed by atoms with Gasteiger partial charge in [0.05, 0.1) is 10.6 Å². The Morgan fingerprint density at radius 2 is 1.48 bits per heavy atom. The van der Waals surface area contributed by atoms with E-state index in [1.807, 2.05) is 0 Å². The summed E-state index contributed by atoms with van der Waals surface area (Å²) >= 11 is 0. The lowest BCUT2D eigenvalue weighted by molar-refractivity contribution is -0.122. The van der Waals surface area contributed by atoms with Gasteiger partial charge in [-0.2, -0.15) is 0 Å². The fraction of sp³-hybridized carbons (Fsp3) is 0.133. The number of nitrogens with zero attached hydrogens (tertiary/aromatic N) is 1. The Morgan fingerprint density at radius 3 is 1.91 bits per heavy atom. The molecule has 0 heterocycles. The summed E-state index contributed by atoms with van der Waals surface area (Å²) in [4.78, 5) is 11.7. The molecule has 8 heteroatoms. The zero-order chi connectivity index (χ0) is 17.3. The van der Waals surface area contributed by atoms with E-state index < -0.39 is 27.7 Å². The maximum Gasteiger partial charge on any atom is 0.491 e. The Bertz CT molecular complexity index is 800. The van der Waals surface area contributed by atoms with Crippen molar-refractivity contribution in [1.82, 2.24) is 0 Å². The Kier molecular flexibility index (Phi) is 4.46. The molecular formula is C15H12F3NO3S. The molecule has 0 radical (unpaired) electrons. The van der Waals surface area contributed by atoms with Gasteiger partial charge in [-0.1, -0.05) is 18.2 Å². The Labute approximate surface area is 131 Å². The molecule has 0 saturated heterocycles. The minimum absolute atomic E-state index is 0.128. The average Bonchev–Trinajstić information content (AvgIpc) is 2.46. The number of sulfone groups is 1. The third-order valence-electron chi connectivity index (χ3n) is 3.00. The van der Waals surface area contributed by atoms with Gasteiger partial charge in [0.25, 0.3) is 5.91 Å². The fourth-order valence-corrected chi connectivity index (χ4v) is 2.56. The van der Waals surface area contributed by atoms with Crippen LogP contribution in [0.15, 0.2) is 59.5 Å². The van der Waals surface area contributed by atoms with Crippen molar-refractivity contribution in [1.29, 1.82) is 0 Å². The SMILES string of the molecule is CS(=O)(=O)c1ccc(N(C(=O)c2ccccc2)C(F)(F)F)cc1. The molecule has 0 bridgehead atoms. The zero-order valence-electron chi connectivity index (χ0n) is 11.9. The number of hydrogen-bond donors (Lipinski definition) is 0. The predicted octanol–water partition coefficient (Wildman–Crippen LogP) is 3.26. The van der Waals surface area contributed by atoms with E-state index >= 15 is 0 Å². The van der Waals surface area contributed by atoms with E-state index in [2.05, 4.69) is 0 Å². The average molecular weight is 343 g/mol. The van der Waals surface area contributed by atoms with Crippen molar-refractivity contribution in [3.8, 4) is 0 Å². The van der Waals surface area contributed by atoms with Crippen LogP contribution < -0.4 is 4.90 Å². The third kappa shape index (κ3) is 3.89. The van der Waals surface area contributed by atoms with Gasteiger partial charge in [0.15, 0.2) is 9.84 Å². The lowest BCUT2D eigenvalue weighted by Crippen LogP contribution is -2.43. The Balaban J connectivity index is 2.47. The van der Waals surface area contributed by atoms with Crippen LogP contribution in [0.5, 0.6) is 0 Å². The molecule has 0 N–H and O–H groups in total. The molecular weight excluding hydrogens is 331 g/mol. The summed E-state index contributed by atoms with van der Waals surface area (Å²) in [5.41, 5.74) is -0.587. The van der Waals surface area contributed by atoms with Gasteiger partial charge in [-0.15, -0.1) is 13.2 Å². The smallest absolute Gasteiger partial charge is 0.268 e. The number of hydrogen-bond acceptors (Lipinski definition) is 3. The van der Waals surface area contributed by atoms with Gasteiger partial charge in [-0.3, -0.25) is 4.79 Å². The van der Waals surface area contributed by atoms with Crippen LogP contribution in [0.3, 0.4) is 0 Å². The summed E-state index contributed by atoms with van der Waals surface area (Å²) in [7, 11) is -3.54. The van der Waals surface area contributed by atoms with Crippen LogP contribution in [-0.2, 0) is 9.84 Å². The third-order valence-corrected chi connectivity index (χ3v) is 4.13. The summed E-state index contributed by atoms with van der Waals surface area (Å²) in [6.07, 6.45) is -4.00. The van der Waals surface area contributed by atoms with E-state index in [4.69, 9.17) is 0 Å². The number of benzene rings is 2. The molecule has 0 fully saturated rings. The van der Waals surface area contributed by atoms with Gasteiger partial charge in [0, 0.05) is 11.8 Å². The van der Waals surface area contributed by atoms with Crippen molar-refractivity contribution in [2.75, 3.05) is 11.2 Å². The fourth-order valence-electron chi connectivity index (χ4n) is 1.93. The molecule has 4 nitrogen and oxygen atoms in total. The number of carbonyl (C=O) groups is 1. The van der Waals surface area contributed by atoms with Crippen molar-refractivity contribution in [3.63, 3.8) is 0 Å². The highest BCUT2D eigenvalue weighted by Crippen LogP contribution is 2.31. The van der Waals surface area contributed by atoms with Crippen LogP contribution in [-0.4, -0.2) is 26.9 Å². The van der Waals surface area contributed by atoms with Gasteiger partial charge < -0.3 is 0 Å². The number of carbonyl (C=O) groups excluding carboxylic acids is 1. The van der Waals surface area contributed by atoms with Gasteiger partial charge in [-0.05, 0) is 36.4 Å². The molecule has 0 spiro atoms. The van der Waals surface area contributed by atoms with Crippen LogP contribution in [0, 0.1) is 0 Å². The van der Waals surface area contributed by atoms with Crippen LogP contribution in [0.4, 0.5) is 18.9 Å². The van der Waals surface area contributed by atoms with Crippen molar-refractivity contribution in [2.24, 2.45) is 0 Å². The van der Waals surface area contributed by atoms with Crippen LogP contribution >= 0.6 is 0 Å². The zero-order valence-corrected chi connectivity index (χ0v) is 12.7. The minimum atomic E-state index is -4.94. The summed E-state index contributed by atoms with van der Waals surface area (Å²) < 4.78 is 62.5. The lowest BCUT2D eigenvalue weighted by atomic mass is 10.2. The molecule has 0 aromatic heterocycles. The quantitative estimate of drug-likeness (QED) is 0.804. The summed E-state index contributed by atoms with van der Waals surface area (Å²) in [5, 5.41) is 0. The monoisotopic (exact) mass is 343 g/mol. The maximum absolute atomic E-state index is 13.3. The van der Waals surface area contributed by atoms with E-state index in [0.717, 1.165) is 30.5 Å². The van der Waals surface area contributed by atoms with Gasteiger partial charge >= 0.3 is 6.30 Å². The van der Waals surface area contributed by atoms with Crippen molar-refractivity contribution < 1.29 is 26.4 Å². The second-order valence-corrected chi connectivity index (χ2v) is 6.76.